The maximum Gasteiger partial charge on any atom is 0.244 e. The lowest BCUT2D eigenvalue weighted by Gasteiger charge is -2.34. The van der Waals surface area contributed by atoms with Gasteiger partial charge in [-0.25, -0.2) is 8.42 Å². The number of benzene rings is 3. The van der Waals surface area contributed by atoms with Gasteiger partial charge in [0.1, 0.15) is 25.8 Å². The van der Waals surface area contributed by atoms with E-state index < -0.39 is 34.4 Å². The second-order valence-corrected chi connectivity index (χ2v) is 12.3. The van der Waals surface area contributed by atoms with Gasteiger partial charge in [-0.2, -0.15) is 0 Å². The first kappa shape index (κ1) is 30.5. The van der Waals surface area contributed by atoms with E-state index in [4.69, 9.17) is 32.7 Å². The van der Waals surface area contributed by atoms with Gasteiger partial charge in [0.05, 0.1) is 11.4 Å². The van der Waals surface area contributed by atoms with Crippen LogP contribution in [0, 0.1) is 0 Å². The number of carbonyl (C=O) groups excluding carboxylic acids is 2. The van der Waals surface area contributed by atoms with Crippen LogP contribution in [0.5, 0.6) is 11.5 Å². The van der Waals surface area contributed by atoms with Crippen molar-refractivity contribution in [3.63, 3.8) is 0 Å². The zero-order chi connectivity index (χ0) is 29.6. The molecule has 1 atom stereocenters. The smallest absolute Gasteiger partial charge is 0.244 e. The minimum absolute atomic E-state index is 0.0547. The summed E-state index contributed by atoms with van der Waals surface area (Å²) in [7, 11) is -2.43. The van der Waals surface area contributed by atoms with Gasteiger partial charge in [0, 0.05) is 36.1 Å². The van der Waals surface area contributed by atoms with Crippen molar-refractivity contribution in [1.29, 1.82) is 0 Å². The Bertz CT molecular complexity index is 1500. The van der Waals surface area contributed by atoms with Crippen molar-refractivity contribution in [2.24, 2.45) is 0 Å². The highest BCUT2D eigenvalue weighted by Gasteiger charge is 2.34. The zero-order valence-corrected chi connectivity index (χ0v) is 25.0. The van der Waals surface area contributed by atoms with Crippen LogP contribution in [0.2, 0.25) is 10.0 Å². The molecular weight excluding hydrogens is 589 g/mol. The summed E-state index contributed by atoms with van der Waals surface area (Å²) < 4.78 is 38.8. The van der Waals surface area contributed by atoms with E-state index in [-0.39, 0.29) is 24.4 Å². The van der Waals surface area contributed by atoms with Crippen molar-refractivity contribution in [3.8, 4) is 11.5 Å². The van der Waals surface area contributed by atoms with Crippen LogP contribution in [0.25, 0.3) is 0 Å². The second kappa shape index (κ2) is 13.5. The molecule has 41 heavy (non-hydrogen) atoms. The number of halogens is 2. The van der Waals surface area contributed by atoms with E-state index in [1.807, 2.05) is 30.3 Å². The first-order valence-corrected chi connectivity index (χ1v) is 15.4. The Labute approximate surface area is 250 Å². The Morgan fingerprint density at radius 3 is 2.34 bits per heavy atom. The molecule has 0 aliphatic carbocycles. The third-order valence-electron chi connectivity index (χ3n) is 6.67. The van der Waals surface area contributed by atoms with Gasteiger partial charge in [-0.05, 0) is 42.3 Å². The lowest BCUT2D eigenvalue weighted by molar-refractivity contribution is -0.139. The van der Waals surface area contributed by atoms with Gasteiger partial charge in [-0.15, -0.1) is 0 Å². The van der Waals surface area contributed by atoms with Crippen molar-refractivity contribution in [3.05, 3.63) is 87.9 Å². The van der Waals surface area contributed by atoms with Gasteiger partial charge in [-0.3, -0.25) is 13.9 Å². The standard InChI is InChI=1S/C29H31Cl2N3O6S/c1-3-41(37,38)34(23-11-12-26-27(17-23)40-14-13-39-26)19-28(35)33(18-21-9-10-22(30)16-24(21)31)25(29(36)32-2)15-20-7-5-4-6-8-20/h4-12,16-17,25H,3,13-15,18-19H2,1-2H3,(H,32,36). The van der Waals surface area contributed by atoms with E-state index in [0.717, 1.165) is 9.87 Å². The molecule has 0 saturated heterocycles. The normalized spacial score (nSPS) is 13.3. The molecule has 9 nitrogen and oxygen atoms in total. The number of rotatable bonds is 11. The number of nitrogens with zero attached hydrogens (tertiary/aromatic N) is 2. The Morgan fingerprint density at radius 2 is 1.68 bits per heavy atom. The van der Waals surface area contributed by atoms with Gasteiger partial charge in [0.2, 0.25) is 21.8 Å². The van der Waals surface area contributed by atoms with Crippen LogP contribution in [0.1, 0.15) is 18.1 Å². The average molecular weight is 621 g/mol. The van der Waals surface area contributed by atoms with E-state index >= 15 is 0 Å². The number of amides is 2. The summed E-state index contributed by atoms with van der Waals surface area (Å²) in [6.07, 6.45) is 0.196. The monoisotopic (exact) mass is 619 g/mol. The van der Waals surface area contributed by atoms with Crippen molar-refractivity contribution >= 4 is 50.7 Å². The Morgan fingerprint density at radius 1 is 0.976 bits per heavy atom. The van der Waals surface area contributed by atoms with Crippen molar-refractivity contribution in [2.75, 3.05) is 36.9 Å². The van der Waals surface area contributed by atoms with Crippen molar-refractivity contribution in [2.45, 2.75) is 25.9 Å². The maximum atomic E-state index is 14.1. The molecule has 0 aromatic heterocycles. The molecule has 3 aromatic carbocycles. The Balaban J connectivity index is 1.75. The lowest BCUT2D eigenvalue weighted by Crippen LogP contribution is -2.53. The summed E-state index contributed by atoms with van der Waals surface area (Å²) in [6, 6.07) is 17.9. The number of anilines is 1. The molecule has 1 unspecified atom stereocenters. The summed E-state index contributed by atoms with van der Waals surface area (Å²) in [5.41, 5.74) is 1.62. The Hall–Kier alpha value is -3.47. The summed E-state index contributed by atoms with van der Waals surface area (Å²) >= 11 is 12.6. The topological polar surface area (TPSA) is 105 Å². The van der Waals surface area contributed by atoms with Gasteiger partial charge in [0.15, 0.2) is 11.5 Å². The van der Waals surface area contributed by atoms with E-state index in [1.54, 1.807) is 30.3 Å². The molecule has 1 heterocycles. The second-order valence-electron chi connectivity index (χ2n) is 9.31. The van der Waals surface area contributed by atoms with Crippen LogP contribution in [-0.2, 0) is 32.6 Å². The molecule has 0 bridgehead atoms. The quantitative estimate of drug-likeness (QED) is 0.343. The zero-order valence-electron chi connectivity index (χ0n) is 22.7. The van der Waals surface area contributed by atoms with Gasteiger partial charge in [0.25, 0.3) is 0 Å². The summed E-state index contributed by atoms with van der Waals surface area (Å²) in [6.45, 7) is 1.59. The summed E-state index contributed by atoms with van der Waals surface area (Å²) in [5.74, 6) is -0.374. The van der Waals surface area contributed by atoms with Crippen LogP contribution in [0.15, 0.2) is 66.7 Å². The molecule has 4 rings (SSSR count). The highest BCUT2D eigenvalue weighted by atomic mass is 35.5. The fraction of sp³-hybridized carbons (Fsp3) is 0.310. The predicted octanol–water partition coefficient (Wildman–Crippen LogP) is 4.31. The highest BCUT2D eigenvalue weighted by molar-refractivity contribution is 7.92. The number of likely N-dealkylation sites (N-methyl/N-ethyl adjacent to an activating group) is 1. The molecule has 218 valence electrons. The number of nitrogens with one attached hydrogen (secondary N) is 1. The lowest BCUT2D eigenvalue weighted by atomic mass is 10.0. The number of sulfonamides is 1. The van der Waals surface area contributed by atoms with Crippen LogP contribution in [0.4, 0.5) is 5.69 Å². The largest absolute Gasteiger partial charge is 0.486 e. The molecular formula is C29H31Cl2N3O6S. The fourth-order valence-electron chi connectivity index (χ4n) is 4.46. The molecule has 0 fully saturated rings. The van der Waals surface area contributed by atoms with Crippen LogP contribution < -0.4 is 19.1 Å². The molecule has 2 amide bonds. The van der Waals surface area contributed by atoms with Gasteiger partial charge >= 0.3 is 0 Å². The number of ether oxygens (including phenoxy) is 2. The van der Waals surface area contributed by atoms with E-state index in [2.05, 4.69) is 5.32 Å². The molecule has 1 aliphatic heterocycles. The molecule has 1 N–H and O–H groups in total. The SMILES string of the molecule is CCS(=O)(=O)N(CC(=O)N(Cc1ccc(Cl)cc1Cl)C(Cc1ccccc1)C(=O)NC)c1ccc2c(c1)OCCO2. The number of fused-ring (bicyclic) bond motifs is 1. The number of hydrogen-bond acceptors (Lipinski definition) is 6. The molecule has 3 aromatic rings. The van der Waals surface area contributed by atoms with Crippen molar-refractivity contribution < 1.29 is 27.5 Å². The molecule has 0 spiro atoms. The molecule has 0 saturated carbocycles. The predicted molar refractivity (Wildman–Crippen MR) is 159 cm³/mol. The fourth-order valence-corrected chi connectivity index (χ4v) is 5.98. The van der Waals surface area contributed by atoms with Crippen molar-refractivity contribution in [1.82, 2.24) is 10.2 Å². The molecule has 1 aliphatic rings. The highest BCUT2D eigenvalue weighted by Crippen LogP contribution is 2.35. The number of hydrogen-bond donors (Lipinski definition) is 1. The first-order chi connectivity index (χ1) is 19.6. The Kier molecular flexibility index (Phi) is 10.0. The first-order valence-electron chi connectivity index (χ1n) is 13.0. The van der Waals surface area contributed by atoms with Gasteiger partial charge in [-0.1, -0.05) is 59.6 Å². The van der Waals surface area contributed by atoms with E-state index in [1.165, 1.54) is 24.9 Å². The number of carbonyl (C=O) groups is 2. The minimum atomic E-state index is -3.92. The van der Waals surface area contributed by atoms with Crippen LogP contribution in [0.3, 0.4) is 0 Å². The average Bonchev–Trinajstić information content (AvgIpc) is 2.98. The van der Waals surface area contributed by atoms with Gasteiger partial charge < -0.3 is 19.7 Å². The van der Waals surface area contributed by atoms with Crippen LogP contribution >= 0.6 is 23.2 Å². The third kappa shape index (κ3) is 7.44. The summed E-state index contributed by atoms with van der Waals surface area (Å²) in [4.78, 5) is 28.7. The molecule has 0 radical (unpaired) electrons. The van der Waals surface area contributed by atoms with Crippen LogP contribution in [-0.4, -0.2) is 63.7 Å². The molecule has 12 heteroatoms. The summed E-state index contributed by atoms with van der Waals surface area (Å²) in [5, 5.41) is 3.38. The minimum Gasteiger partial charge on any atom is -0.486 e. The van der Waals surface area contributed by atoms with E-state index in [9.17, 15) is 18.0 Å². The maximum absolute atomic E-state index is 14.1. The van der Waals surface area contributed by atoms with E-state index in [0.29, 0.717) is 40.3 Å². The third-order valence-corrected chi connectivity index (χ3v) is 8.99.